The minimum absolute atomic E-state index is 0.209. The monoisotopic (exact) mass is 324 g/mol. The van der Waals surface area contributed by atoms with Crippen molar-refractivity contribution in [2.45, 2.75) is 62.9 Å². The molecule has 0 spiro atoms. The Hall–Kier alpha value is -1.17. The van der Waals surface area contributed by atoms with Crippen LogP contribution >= 0.6 is 11.8 Å². The number of aromatic nitrogens is 1. The van der Waals surface area contributed by atoms with E-state index < -0.39 is 5.60 Å². The summed E-state index contributed by atoms with van der Waals surface area (Å²) in [5.74, 6) is 2.99. The van der Waals surface area contributed by atoms with Crippen LogP contribution in [-0.2, 0) is 4.74 Å². The second-order valence-corrected chi connectivity index (χ2v) is 8.25. The van der Waals surface area contributed by atoms with Crippen molar-refractivity contribution >= 4 is 17.9 Å². The van der Waals surface area contributed by atoms with Crippen molar-refractivity contribution in [1.82, 2.24) is 10.1 Å². The molecular weight excluding hydrogens is 300 g/mol. The summed E-state index contributed by atoms with van der Waals surface area (Å²) >= 11 is 1.86. The molecule has 5 nitrogen and oxygen atoms in total. The number of amides is 1. The first-order valence-electron chi connectivity index (χ1n) is 7.95. The molecule has 1 unspecified atom stereocenters. The summed E-state index contributed by atoms with van der Waals surface area (Å²) in [6.07, 6.45) is 1.64. The molecule has 1 amide bonds. The van der Waals surface area contributed by atoms with E-state index >= 15 is 0 Å². The van der Waals surface area contributed by atoms with Gasteiger partial charge in [0.1, 0.15) is 11.3 Å². The number of piperidine rings is 1. The number of fused-ring (bicyclic) bond motifs is 1. The van der Waals surface area contributed by atoms with E-state index in [1.54, 1.807) is 4.90 Å². The number of rotatable bonds is 1. The van der Waals surface area contributed by atoms with Crippen molar-refractivity contribution in [2.24, 2.45) is 0 Å². The van der Waals surface area contributed by atoms with Crippen molar-refractivity contribution in [2.75, 3.05) is 18.8 Å². The van der Waals surface area contributed by atoms with E-state index in [-0.39, 0.29) is 6.09 Å². The van der Waals surface area contributed by atoms with Gasteiger partial charge in [-0.25, -0.2) is 4.79 Å². The number of hydrogen-bond donors (Lipinski definition) is 0. The van der Waals surface area contributed by atoms with Crippen LogP contribution in [0.15, 0.2) is 9.42 Å². The summed E-state index contributed by atoms with van der Waals surface area (Å²) in [5, 5.41) is 4.31. The summed E-state index contributed by atoms with van der Waals surface area (Å²) in [4.78, 5) is 15.2. The van der Waals surface area contributed by atoms with Gasteiger partial charge in [0.05, 0.1) is 4.90 Å². The minimum atomic E-state index is -0.437. The van der Waals surface area contributed by atoms with Gasteiger partial charge in [0.2, 0.25) is 0 Å². The van der Waals surface area contributed by atoms with Crippen molar-refractivity contribution in [3.8, 4) is 0 Å². The van der Waals surface area contributed by atoms with Crippen molar-refractivity contribution < 1.29 is 14.1 Å². The molecule has 122 valence electrons. The van der Waals surface area contributed by atoms with Crippen LogP contribution in [0.2, 0.25) is 0 Å². The van der Waals surface area contributed by atoms with Crippen molar-refractivity contribution in [3.63, 3.8) is 0 Å². The van der Waals surface area contributed by atoms with Gasteiger partial charge in [0.25, 0.3) is 0 Å². The fourth-order valence-electron chi connectivity index (χ4n) is 2.97. The Morgan fingerprint density at radius 2 is 2.05 bits per heavy atom. The molecule has 2 aliphatic rings. The highest BCUT2D eigenvalue weighted by Crippen LogP contribution is 2.45. The van der Waals surface area contributed by atoms with E-state index in [1.807, 2.05) is 32.5 Å². The van der Waals surface area contributed by atoms with Crippen LogP contribution in [0.1, 0.15) is 63.8 Å². The number of hydrogen-bond acceptors (Lipinski definition) is 5. The lowest BCUT2D eigenvalue weighted by Gasteiger charge is -2.32. The largest absolute Gasteiger partial charge is 0.444 e. The molecule has 1 atom stereocenters. The average molecular weight is 324 g/mol. The number of thioether (sulfide) groups is 1. The first-order valence-corrected chi connectivity index (χ1v) is 8.94. The maximum absolute atomic E-state index is 12.1. The number of carbonyl (C=O) groups is 1. The van der Waals surface area contributed by atoms with Gasteiger partial charge in [-0.05, 0) is 33.6 Å². The molecule has 1 aromatic rings. The molecule has 0 radical (unpaired) electrons. The van der Waals surface area contributed by atoms with Crippen LogP contribution in [0.3, 0.4) is 0 Å². The Kier molecular flexibility index (Phi) is 4.14. The van der Waals surface area contributed by atoms with Gasteiger partial charge in [-0.1, -0.05) is 12.1 Å². The zero-order chi connectivity index (χ0) is 15.9. The minimum Gasteiger partial charge on any atom is -0.444 e. The van der Waals surface area contributed by atoms with E-state index in [9.17, 15) is 4.79 Å². The predicted octanol–water partition coefficient (Wildman–Crippen LogP) is 4.00. The van der Waals surface area contributed by atoms with Crippen LogP contribution in [0.4, 0.5) is 4.79 Å². The van der Waals surface area contributed by atoms with Crippen LogP contribution in [0.25, 0.3) is 0 Å². The van der Waals surface area contributed by atoms with Crippen molar-refractivity contribution in [3.05, 3.63) is 11.5 Å². The zero-order valence-electron chi connectivity index (χ0n) is 13.7. The maximum atomic E-state index is 12.1. The molecular formula is C16H24N2O3S. The third-order valence-electron chi connectivity index (χ3n) is 4.16. The third-order valence-corrected chi connectivity index (χ3v) is 5.52. The Balaban J connectivity index is 1.61. The Morgan fingerprint density at radius 1 is 1.36 bits per heavy atom. The van der Waals surface area contributed by atoms with E-state index in [4.69, 9.17) is 9.26 Å². The highest BCUT2D eigenvalue weighted by atomic mass is 32.2. The molecule has 0 aromatic carbocycles. The van der Waals surface area contributed by atoms with E-state index in [0.29, 0.717) is 11.8 Å². The molecule has 0 N–H and O–H groups in total. The molecule has 2 aliphatic heterocycles. The van der Waals surface area contributed by atoms with Gasteiger partial charge in [-0.15, -0.1) is 11.8 Å². The number of ether oxygens (including phenoxy) is 1. The van der Waals surface area contributed by atoms with Gasteiger partial charge in [-0.2, -0.15) is 0 Å². The summed E-state index contributed by atoms with van der Waals surface area (Å²) < 4.78 is 11.0. The topological polar surface area (TPSA) is 55.6 Å². The smallest absolute Gasteiger partial charge is 0.410 e. The summed E-state index contributed by atoms with van der Waals surface area (Å²) in [6.45, 7) is 9.32. The molecule has 1 fully saturated rings. The fraction of sp³-hybridized carbons (Fsp3) is 0.750. The van der Waals surface area contributed by atoms with Crippen LogP contribution in [-0.4, -0.2) is 40.6 Å². The first kappa shape index (κ1) is 15.7. The number of likely N-dealkylation sites (tertiary alicyclic amines) is 1. The molecule has 3 rings (SSSR count). The van der Waals surface area contributed by atoms with Gasteiger partial charge in [0, 0.05) is 30.7 Å². The lowest BCUT2D eigenvalue weighted by Crippen LogP contribution is -2.41. The summed E-state index contributed by atoms with van der Waals surface area (Å²) in [5.41, 5.74) is 0.668. The Bertz CT molecular complexity index is 556. The highest BCUT2D eigenvalue weighted by molar-refractivity contribution is 7.99. The van der Waals surface area contributed by atoms with Gasteiger partial charge in [-0.3, -0.25) is 0 Å². The highest BCUT2D eigenvalue weighted by Gasteiger charge is 2.34. The maximum Gasteiger partial charge on any atom is 0.410 e. The molecule has 3 heterocycles. The molecule has 0 bridgehead atoms. The molecule has 6 heteroatoms. The molecule has 1 saturated heterocycles. The SMILES string of the molecule is CC1CSc2c(C3CCN(C(=O)OC(C)(C)C)CC3)noc21. The predicted molar refractivity (Wildman–Crippen MR) is 85.4 cm³/mol. The quantitative estimate of drug-likeness (QED) is 0.781. The Labute approximate surface area is 135 Å². The van der Waals surface area contributed by atoms with Crippen molar-refractivity contribution in [1.29, 1.82) is 0 Å². The van der Waals surface area contributed by atoms with Gasteiger partial charge in [0.15, 0.2) is 5.76 Å². The first-order chi connectivity index (χ1) is 10.3. The molecule has 22 heavy (non-hydrogen) atoms. The molecule has 0 aliphatic carbocycles. The van der Waals surface area contributed by atoms with Crippen LogP contribution < -0.4 is 0 Å². The standard InChI is InChI=1S/C16H24N2O3S/c1-10-9-22-14-12(17-21-13(10)14)11-5-7-18(8-6-11)15(19)20-16(2,3)4/h10-11H,5-9H2,1-4H3. The summed E-state index contributed by atoms with van der Waals surface area (Å²) in [6, 6.07) is 0. The lowest BCUT2D eigenvalue weighted by atomic mass is 9.93. The van der Waals surface area contributed by atoms with Crippen LogP contribution in [0.5, 0.6) is 0 Å². The third kappa shape index (κ3) is 3.12. The number of nitrogens with zero attached hydrogens (tertiary/aromatic N) is 2. The zero-order valence-corrected chi connectivity index (χ0v) is 14.5. The normalized spacial score (nSPS) is 22.7. The van der Waals surface area contributed by atoms with E-state index in [1.165, 1.54) is 4.90 Å². The summed E-state index contributed by atoms with van der Waals surface area (Å²) in [7, 11) is 0. The fourth-order valence-corrected chi connectivity index (χ4v) is 4.27. The second-order valence-electron chi connectivity index (χ2n) is 7.21. The second kappa shape index (κ2) is 5.80. The Morgan fingerprint density at radius 3 is 2.68 bits per heavy atom. The van der Waals surface area contributed by atoms with E-state index in [2.05, 4.69) is 12.1 Å². The lowest BCUT2D eigenvalue weighted by molar-refractivity contribution is 0.0203. The number of carbonyl (C=O) groups excluding carboxylic acids is 1. The molecule has 1 aromatic heterocycles. The average Bonchev–Trinajstić information content (AvgIpc) is 3.01. The van der Waals surface area contributed by atoms with Gasteiger partial charge >= 0.3 is 6.09 Å². The van der Waals surface area contributed by atoms with Crippen LogP contribution in [0, 0.1) is 0 Å². The van der Waals surface area contributed by atoms with Gasteiger partial charge < -0.3 is 14.2 Å². The molecule has 0 saturated carbocycles. The van der Waals surface area contributed by atoms with E-state index in [0.717, 1.165) is 43.1 Å².